The van der Waals surface area contributed by atoms with Crippen LogP contribution in [0.3, 0.4) is 0 Å². The Morgan fingerprint density at radius 3 is 2.62 bits per heavy atom. The third kappa shape index (κ3) is 2.88. The molecule has 2 N–H and O–H groups in total. The van der Waals surface area contributed by atoms with Crippen molar-refractivity contribution in [2.45, 2.75) is 0 Å². The molecule has 0 atom stereocenters. The van der Waals surface area contributed by atoms with Crippen LogP contribution >= 0.6 is 0 Å². The topological polar surface area (TPSA) is 91.7 Å². The highest BCUT2D eigenvalue weighted by atomic mass is 16.1. The van der Waals surface area contributed by atoms with Gasteiger partial charge in [0.1, 0.15) is 6.33 Å². The Bertz CT molecular complexity index is 1060. The Morgan fingerprint density at radius 1 is 1.12 bits per heavy atom. The van der Waals surface area contributed by atoms with Crippen LogP contribution in [0.15, 0.2) is 54.9 Å². The summed E-state index contributed by atoms with van der Waals surface area (Å²) < 4.78 is 1.98. The summed E-state index contributed by atoms with van der Waals surface area (Å²) >= 11 is 0. The standard InChI is InChI=1S/C18H17N7O/c1-24(2)18-21-17(22-23-18)20-16(26)12-7-9-13(10-8-12)25-11-19-14-5-3-4-6-15(14)25/h3-11H,1-2H3,(H2,20,21,22,23,26). The third-order valence-corrected chi connectivity index (χ3v) is 3.97. The molecule has 130 valence electrons. The summed E-state index contributed by atoms with van der Waals surface area (Å²) in [6.07, 6.45) is 1.77. The number of carbonyl (C=O) groups is 1. The molecule has 0 bridgehead atoms. The van der Waals surface area contributed by atoms with E-state index in [0.29, 0.717) is 17.5 Å². The maximum Gasteiger partial charge on any atom is 0.258 e. The first kappa shape index (κ1) is 15.8. The lowest BCUT2D eigenvalue weighted by Gasteiger charge is -2.06. The van der Waals surface area contributed by atoms with Crippen molar-refractivity contribution in [1.29, 1.82) is 0 Å². The largest absolute Gasteiger partial charge is 0.346 e. The number of aromatic amines is 1. The fraction of sp³-hybridized carbons (Fsp3) is 0.111. The number of hydrogen-bond acceptors (Lipinski definition) is 5. The molecule has 4 rings (SSSR count). The first-order valence-electron chi connectivity index (χ1n) is 8.05. The molecule has 4 aromatic rings. The van der Waals surface area contributed by atoms with Gasteiger partial charge in [-0.15, -0.1) is 5.10 Å². The fourth-order valence-electron chi connectivity index (χ4n) is 2.63. The minimum Gasteiger partial charge on any atom is -0.346 e. The zero-order valence-corrected chi connectivity index (χ0v) is 14.3. The summed E-state index contributed by atoms with van der Waals surface area (Å²) in [5.74, 6) is 0.555. The van der Waals surface area contributed by atoms with Gasteiger partial charge in [-0.1, -0.05) is 12.1 Å². The quantitative estimate of drug-likeness (QED) is 0.592. The number of benzene rings is 2. The molecule has 0 fully saturated rings. The molecule has 8 heteroatoms. The second kappa shape index (κ2) is 6.32. The van der Waals surface area contributed by atoms with Gasteiger partial charge in [-0.25, -0.2) is 10.1 Å². The van der Waals surface area contributed by atoms with Crippen LogP contribution in [0, 0.1) is 0 Å². The van der Waals surface area contributed by atoms with E-state index in [1.807, 2.05) is 55.1 Å². The summed E-state index contributed by atoms with van der Waals surface area (Å²) in [5.41, 5.74) is 3.41. The number of aromatic nitrogens is 5. The average Bonchev–Trinajstić information content (AvgIpc) is 3.29. The fourth-order valence-corrected chi connectivity index (χ4v) is 2.63. The Labute approximate surface area is 149 Å². The lowest BCUT2D eigenvalue weighted by molar-refractivity contribution is 0.102. The highest BCUT2D eigenvalue weighted by Crippen LogP contribution is 2.18. The minimum atomic E-state index is -0.256. The van der Waals surface area contributed by atoms with Crippen LogP contribution in [0.2, 0.25) is 0 Å². The van der Waals surface area contributed by atoms with Crippen molar-refractivity contribution in [3.8, 4) is 5.69 Å². The lowest BCUT2D eigenvalue weighted by Crippen LogP contribution is -2.13. The van der Waals surface area contributed by atoms with E-state index in [0.717, 1.165) is 16.7 Å². The molecule has 2 heterocycles. The number of H-pyrrole nitrogens is 1. The predicted octanol–water partition coefficient (Wildman–Crippen LogP) is 2.46. The van der Waals surface area contributed by atoms with Crippen molar-refractivity contribution < 1.29 is 4.79 Å². The van der Waals surface area contributed by atoms with Crippen molar-refractivity contribution in [3.05, 3.63) is 60.4 Å². The highest BCUT2D eigenvalue weighted by molar-refractivity contribution is 6.03. The molecule has 0 aliphatic carbocycles. The summed E-state index contributed by atoms with van der Waals surface area (Å²) in [6.45, 7) is 0. The maximum absolute atomic E-state index is 12.4. The number of amides is 1. The van der Waals surface area contributed by atoms with Gasteiger partial charge in [0.25, 0.3) is 5.91 Å². The smallest absolute Gasteiger partial charge is 0.258 e. The van der Waals surface area contributed by atoms with Gasteiger partial charge < -0.3 is 4.90 Å². The van der Waals surface area contributed by atoms with Crippen molar-refractivity contribution in [2.24, 2.45) is 0 Å². The Balaban J connectivity index is 1.54. The van der Waals surface area contributed by atoms with Gasteiger partial charge in [0.15, 0.2) is 0 Å². The normalized spacial score (nSPS) is 10.8. The average molecular weight is 347 g/mol. The molecule has 8 nitrogen and oxygen atoms in total. The van der Waals surface area contributed by atoms with Crippen LogP contribution in [0.25, 0.3) is 16.7 Å². The minimum absolute atomic E-state index is 0.256. The van der Waals surface area contributed by atoms with Crippen molar-refractivity contribution >= 4 is 28.8 Å². The Kier molecular flexibility index (Phi) is 3.85. The second-order valence-electron chi connectivity index (χ2n) is 5.98. The molecule has 0 saturated heterocycles. The molecule has 2 aromatic heterocycles. The number of rotatable bonds is 4. The van der Waals surface area contributed by atoms with E-state index in [2.05, 4.69) is 25.5 Å². The molecule has 2 aromatic carbocycles. The highest BCUT2D eigenvalue weighted by Gasteiger charge is 2.11. The van der Waals surface area contributed by atoms with E-state index in [4.69, 9.17) is 0 Å². The van der Waals surface area contributed by atoms with Crippen LogP contribution in [0.1, 0.15) is 10.4 Å². The SMILES string of the molecule is CN(C)c1n[nH]c(NC(=O)c2ccc(-n3cnc4ccccc43)cc2)n1. The van der Waals surface area contributed by atoms with Crippen LogP contribution in [0.5, 0.6) is 0 Å². The van der Waals surface area contributed by atoms with Gasteiger partial charge in [0.2, 0.25) is 11.9 Å². The van der Waals surface area contributed by atoms with Gasteiger partial charge in [-0.3, -0.25) is 14.7 Å². The lowest BCUT2D eigenvalue weighted by atomic mass is 10.2. The summed E-state index contributed by atoms with van der Waals surface area (Å²) in [5, 5.41) is 9.40. The molecular formula is C18H17N7O. The van der Waals surface area contributed by atoms with Crippen molar-refractivity contribution in [1.82, 2.24) is 24.7 Å². The van der Waals surface area contributed by atoms with E-state index in [1.165, 1.54) is 0 Å². The van der Waals surface area contributed by atoms with E-state index >= 15 is 0 Å². The predicted molar refractivity (Wildman–Crippen MR) is 99.7 cm³/mol. The number of imidazole rings is 1. The summed E-state index contributed by atoms with van der Waals surface area (Å²) in [4.78, 5) is 22.7. The monoisotopic (exact) mass is 347 g/mol. The van der Waals surface area contributed by atoms with Crippen LogP contribution in [-0.2, 0) is 0 Å². The van der Waals surface area contributed by atoms with E-state index in [9.17, 15) is 4.79 Å². The number of carbonyl (C=O) groups excluding carboxylic acids is 1. The molecule has 0 aliphatic rings. The van der Waals surface area contributed by atoms with Crippen molar-refractivity contribution in [2.75, 3.05) is 24.3 Å². The number of fused-ring (bicyclic) bond motifs is 1. The molecule has 0 saturated carbocycles. The Morgan fingerprint density at radius 2 is 1.88 bits per heavy atom. The number of para-hydroxylation sites is 2. The molecular weight excluding hydrogens is 330 g/mol. The van der Waals surface area contributed by atoms with E-state index in [1.54, 1.807) is 23.4 Å². The zero-order chi connectivity index (χ0) is 18.1. The molecule has 0 aliphatic heterocycles. The van der Waals surface area contributed by atoms with Crippen LogP contribution in [0.4, 0.5) is 11.9 Å². The summed E-state index contributed by atoms with van der Waals surface area (Å²) in [6, 6.07) is 15.2. The molecule has 1 amide bonds. The first-order chi connectivity index (χ1) is 12.6. The maximum atomic E-state index is 12.4. The number of nitrogens with one attached hydrogen (secondary N) is 2. The summed E-state index contributed by atoms with van der Waals surface area (Å²) in [7, 11) is 3.65. The molecule has 0 radical (unpaired) electrons. The number of nitrogens with zero attached hydrogens (tertiary/aromatic N) is 5. The van der Waals surface area contributed by atoms with Gasteiger partial charge in [-0.2, -0.15) is 4.98 Å². The van der Waals surface area contributed by atoms with Crippen LogP contribution < -0.4 is 10.2 Å². The first-order valence-corrected chi connectivity index (χ1v) is 8.05. The van der Waals surface area contributed by atoms with Gasteiger partial charge in [0.05, 0.1) is 11.0 Å². The molecule has 26 heavy (non-hydrogen) atoms. The van der Waals surface area contributed by atoms with Gasteiger partial charge in [-0.05, 0) is 36.4 Å². The Hall–Kier alpha value is -3.68. The van der Waals surface area contributed by atoms with Crippen molar-refractivity contribution in [3.63, 3.8) is 0 Å². The molecule has 0 spiro atoms. The zero-order valence-electron chi connectivity index (χ0n) is 14.3. The second-order valence-corrected chi connectivity index (χ2v) is 5.98. The van der Waals surface area contributed by atoms with Gasteiger partial charge >= 0.3 is 0 Å². The van der Waals surface area contributed by atoms with E-state index < -0.39 is 0 Å². The van der Waals surface area contributed by atoms with Crippen LogP contribution in [-0.4, -0.2) is 44.7 Å². The molecule has 0 unspecified atom stereocenters. The third-order valence-electron chi connectivity index (χ3n) is 3.97. The van der Waals surface area contributed by atoms with Gasteiger partial charge in [0, 0.05) is 25.3 Å². The number of anilines is 2. The van der Waals surface area contributed by atoms with E-state index in [-0.39, 0.29) is 5.91 Å². The number of hydrogen-bond donors (Lipinski definition) is 2.